The number of primary amides is 1. The number of methoxy groups -OCH3 is 1. The van der Waals surface area contributed by atoms with Gasteiger partial charge in [-0.1, -0.05) is 12.1 Å². The molecule has 0 aliphatic carbocycles. The molecule has 1 saturated heterocycles. The number of nitrogens with two attached hydrogens (primary N) is 1. The molecule has 156 valence electrons. The SMILES string of the molecule is COc1ccc(CCN2C(=O)N[C@@H](CC(=O)Nc3ccc(C(N)=O)cc3)C2=O)cc1. The highest BCUT2D eigenvalue weighted by atomic mass is 16.5. The van der Waals surface area contributed by atoms with E-state index in [0.717, 1.165) is 16.2 Å². The lowest BCUT2D eigenvalue weighted by atomic mass is 10.1. The molecule has 1 fully saturated rings. The van der Waals surface area contributed by atoms with Crippen molar-refractivity contribution in [3.8, 4) is 5.75 Å². The summed E-state index contributed by atoms with van der Waals surface area (Å²) in [6.45, 7) is 0.212. The molecule has 3 rings (SSSR count). The molecule has 2 aromatic rings. The number of nitrogens with zero attached hydrogens (tertiary/aromatic N) is 1. The van der Waals surface area contributed by atoms with Crippen molar-refractivity contribution in [2.45, 2.75) is 18.9 Å². The Labute approximate surface area is 173 Å². The zero-order chi connectivity index (χ0) is 21.7. The fraction of sp³-hybridized carbons (Fsp3) is 0.238. The van der Waals surface area contributed by atoms with Gasteiger partial charge in [-0.2, -0.15) is 0 Å². The minimum Gasteiger partial charge on any atom is -0.497 e. The van der Waals surface area contributed by atoms with Gasteiger partial charge in [-0.3, -0.25) is 19.3 Å². The van der Waals surface area contributed by atoms with Gasteiger partial charge in [0.05, 0.1) is 13.5 Å². The normalized spacial score (nSPS) is 15.6. The predicted molar refractivity (Wildman–Crippen MR) is 109 cm³/mol. The molecule has 0 bridgehead atoms. The van der Waals surface area contributed by atoms with Gasteiger partial charge in [0.25, 0.3) is 5.91 Å². The molecule has 9 nitrogen and oxygen atoms in total. The maximum absolute atomic E-state index is 12.5. The van der Waals surface area contributed by atoms with E-state index >= 15 is 0 Å². The fourth-order valence-electron chi connectivity index (χ4n) is 3.08. The monoisotopic (exact) mass is 410 g/mol. The third kappa shape index (κ3) is 4.93. The van der Waals surface area contributed by atoms with Crippen LogP contribution in [-0.4, -0.2) is 48.3 Å². The lowest BCUT2D eigenvalue weighted by molar-refractivity contribution is -0.129. The number of carbonyl (C=O) groups excluding carboxylic acids is 4. The summed E-state index contributed by atoms with van der Waals surface area (Å²) in [5.74, 6) is -0.712. The zero-order valence-electron chi connectivity index (χ0n) is 16.4. The van der Waals surface area contributed by atoms with Crippen molar-refractivity contribution in [3.05, 3.63) is 59.7 Å². The van der Waals surface area contributed by atoms with Gasteiger partial charge in [-0.05, 0) is 48.4 Å². The summed E-state index contributed by atoms with van der Waals surface area (Å²) < 4.78 is 5.10. The van der Waals surface area contributed by atoms with Crippen molar-refractivity contribution in [1.29, 1.82) is 0 Å². The van der Waals surface area contributed by atoms with Crippen LogP contribution in [0.4, 0.5) is 10.5 Å². The lowest BCUT2D eigenvalue weighted by Crippen LogP contribution is -2.34. The number of hydrogen-bond acceptors (Lipinski definition) is 5. The maximum atomic E-state index is 12.5. The molecule has 1 atom stereocenters. The predicted octanol–water partition coefficient (Wildman–Crippen LogP) is 1.29. The first kappa shape index (κ1) is 20.8. The number of rotatable bonds is 8. The minimum atomic E-state index is -0.918. The third-order valence-corrected chi connectivity index (χ3v) is 4.73. The smallest absolute Gasteiger partial charge is 0.324 e. The number of carbonyl (C=O) groups is 4. The molecule has 5 amide bonds. The number of benzene rings is 2. The molecule has 0 aromatic heterocycles. The molecule has 1 heterocycles. The molecule has 2 aromatic carbocycles. The van der Waals surface area contributed by atoms with Gasteiger partial charge < -0.3 is 21.1 Å². The highest BCUT2D eigenvalue weighted by Gasteiger charge is 2.38. The van der Waals surface area contributed by atoms with Crippen molar-refractivity contribution < 1.29 is 23.9 Å². The highest BCUT2D eigenvalue weighted by Crippen LogP contribution is 2.15. The molecule has 0 unspecified atom stereocenters. The number of imide groups is 1. The van der Waals surface area contributed by atoms with E-state index in [1.165, 1.54) is 24.3 Å². The zero-order valence-corrected chi connectivity index (χ0v) is 16.4. The first-order chi connectivity index (χ1) is 14.4. The van der Waals surface area contributed by atoms with E-state index < -0.39 is 29.8 Å². The largest absolute Gasteiger partial charge is 0.497 e. The topological polar surface area (TPSA) is 131 Å². The molecule has 9 heteroatoms. The fourth-order valence-corrected chi connectivity index (χ4v) is 3.08. The Morgan fingerprint density at radius 2 is 1.77 bits per heavy atom. The maximum Gasteiger partial charge on any atom is 0.324 e. The molecular formula is C21H22N4O5. The number of nitrogens with one attached hydrogen (secondary N) is 2. The minimum absolute atomic E-state index is 0.193. The second-order valence-electron chi connectivity index (χ2n) is 6.78. The van der Waals surface area contributed by atoms with Crippen LogP contribution in [0, 0.1) is 0 Å². The van der Waals surface area contributed by atoms with E-state index in [0.29, 0.717) is 17.7 Å². The van der Waals surface area contributed by atoms with Crippen LogP contribution in [0.15, 0.2) is 48.5 Å². The van der Waals surface area contributed by atoms with E-state index in [4.69, 9.17) is 10.5 Å². The van der Waals surface area contributed by atoms with Gasteiger partial charge in [-0.25, -0.2) is 4.79 Å². The van der Waals surface area contributed by atoms with Gasteiger partial charge in [0.1, 0.15) is 11.8 Å². The molecule has 1 aliphatic rings. The quantitative estimate of drug-likeness (QED) is 0.565. The van der Waals surface area contributed by atoms with Gasteiger partial charge in [-0.15, -0.1) is 0 Å². The van der Waals surface area contributed by atoms with E-state index in [9.17, 15) is 19.2 Å². The third-order valence-electron chi connectivity index (χ3n) is 4.73. The van der Waals surface area contributed by atoms with Gasteiger partial charge >= 0.3 is 6.03 Å². The van der Waals surface area contributed by atoms with Crippen LogP contribution in [0.25, 0.3) is 0 Å². The first-order valence-corrected chi connectivity index (χ1v) is 9.32. The average Bonchev–Trinajstić information content (AvgIpc) is 2.99. The van der Waals surface area contributed by atoms with Gasteiger partial charge in [0, 0.05) is 17.8 Å². The van der Waals surface area contributed by atoms with E-state index in [1.54, 1.807) is 7.11 Å². The van der Waals surface area contributed by atoms with E-state index in [1.807, 2.05) is 24.3 Å². The number of urea groups is 1. The van der Waals surface area contributed by atoms with E-state index in [2.05, 4.69) is 10.6 Å². The number of amides is 5. The summed E-state index contributed by atoms with van der Waals surface area (Å²) in [4.78, 5) is 49.1. The van der Waals surface area contributed by atoms with Crippen molar-refractivity contribution in [3.63, 3.8) is 0 Å². The second kappa shape index (κ2) is 9.08. The van der Waals surface area contributed by atoms with Crippen LogP contribution >= 0.6 is 0 Å². The standard InChI is InChI=1S/C21H22N4O5/c1-30-16-8-2-13(3-9-16)10-11-25-20(28)17(24-21(25)29)12-18(26)23-15-6-4-14(5-7-15)19(22)27/h2-9,17H,10-12H2,1H3,(H2,22,27)(H,23,26)(H,24,29)/t17-/m0/s1. The Morgan fingerprint density at radius 1 is 1.10 bits per heavy atom. The summed E-state index contributed by atoms with van der Waals surface area (Å²) >= 11 is 0. The molecule has 0 saturated carbocycles. The average molecular weight is 410 g/mol. The van der Waals surface area contributed by atoms with Gasteiger partial charge in [0.15, 0.2) is 0 Å². The molecule has 0 radical (unpaired) electrons. The molecule has 4 N–H and O–H groups in total. The Hall–Kier alpha value is -3.88. The van der Waals surface area contributed by atoms with Crippen molar-refractivity contribution in [2.75, 3.05) is 19.0 Å². The molecule has 0 spiro atoms. The Balaban J connectivity index is 1.53. The molecule has 1 aliphatic heterocycles. The van der Waals surface area contributed by atoms with Crippen LogP contribution in [0.5, 0.6) is 5.75 Å². The van der Waals surface area contributed by atoms with Crippen molar-refractivity contribution >= 4 is 29.4 Å². The van der Waals surface area contributed by atoms with Crippen molar-refractivity contribution in [2.24, 2.45) is 5.73 Å². The van der Waals surface area contributed by atoms with Crippen LogP contribution in [0.2, 0.25) is 0 Å². The van der Waals surface area contributed by atoms with Crippen molar-refractivity contribution in [1.82, 2.24) is 10.2 Å². The Bertz CT molecular complexity index is 956. The number of ether oxygens (including phenoxy) is 1. The first-order valence-electron chi connectivity index (χ1n) is 9.32. The van der Waals surface area contributed by atoms with Crippen LogP contribution in [0.1, 0.15) is 22.3 Å². The summed E-state index contributed by atoms with van der Waals surface area (Å²) in [6.07, 6.45) is 0.301. The summed E-state index contributed by atoms with van der Waals surface area (Å²) in [5, 5.41) is 5.17. The van der Waals surface area contributed by atoms with Crippen LogP contribution < -0.4 is 21.1 Å². The lowest BCUT2D eigenvalue weighted by Gasteiger charge is -2.13. The summed E-state index contributed by atoms with van der Waals surface area (Å²) in [7, 11) is 1.58. The van der Waals surface area contributed by atoms with Crippen LogP contribution in [-0.2, 0) is 16.0 Å². The van der Waals surface area contributed by atoms with E-state index in [-0.39, 0.29) is 13.0 Å². The number of hydrogen-bond donors (Lipinski definition) is 3. The van der Waals surface area contributed by atoms with Crippen LogP contribution in [0.3, 0.4) is 0 Å². The number of anilines is 1. The highest BCUT2D eigenvalue weighted by molar-refractivity contribution is 6.07. The molecular weight excluding hydrogens is 388 g/mol. The molecule has 30 heavy (non-hydrogen) atoms. The second-order valence-corrected chi connectivity index (χ2v) is 6.78. The summed E-state index contributed by atoms with van der Waals surface area (Å²) in [6, 6.07) is 12.0. The Kier molecular flexibility index (Phi) is 6.31. The Morgan fingerprint density at radius 3 is 2.37 bits per heavy atom. The summed E-state index contributed by atoms with van der Waals surface area (Å²) in [5.41, 5.74) is 6.91. The van der Waals surface area contributed by atoms with Gasteiger partial charge in [0.2, 0.25) is 11.8 Å².